The number of rotatable bonds is 3. The molecule has 1 fully saturated rings. The maximum absolute atomic E-state index is 5.32. The fourth-order valence-electron chi connectivity index (χ4n) is 1.35. The second-order valence-electron chi connectivity index (χ2n) is 3.07. The molecule has 1 aliphatic heterocycles. The van der Waals surface area contributed by atoms with Gasteiger partial charge in [-0.15, -0.1) is 0 Å². The third kappa shape index (κ3) is 2.89. The van der Waals surface area contributed by atoms with Crippen LogP contribution in [-0.2, 0) is 0 Å². The monoisotopic (exact) mass is 170 g/mol. The quantitative estimate of drug-likeness (QED) is 0.474. The highest BCUT2D eigenvalue weighted by atomic mass is 15.1. The highest BCUT2D eigenvalue weighted by Gasteiger charge is 2.17. The van der Waals surface area contributed by atoms with Gasteiger partial charge in [-0.05, 0) is 6.92 Å². The molecular formula is C8H18N4. The van der Waals surface area contributed by atoms with E-state index in [4.69, 9.17) is 5.73 Å². The molecule has 2 atom stereocenters. The number of hydrogen-bond donors (Lipinski definition) is 3. The highest BCUT2D eigenvalue weighted by Crippen LogP contribution is 1.98. The molecule has 0 bridgehead atoms. The van der Waals surface area contributed by atoms with Crippen LogP contribution in [0.4, 0.5) is 0 Å². The molecule has 12 heavy (non-hydrogen) atoms. The largest absolute Gasteiger partial charge is 0.326 e. The van der Waals surface area contributed by atoms with Gasteiger partial charge in [0.2, 0.25) is 0 Å². The molecule has 0 aromatic rings. The number of aliphatic imine (C=N–C) groups is 1. The second-order valence-corrected chi connectivity index (χ2v) is 3.07. The van der Waals surface area contributed by atoms with E-state index in [-0.39, 0.29) is 0 Å². The lowest BCUT2D eigenvalue weighted by atomic mass is 10.1. The van der Waals surface area contributed by atoms with Crippen LogP contribution in [0.1, 0.15) is 6.92 Å². The summed E-state index contributed by atoms with van der Waals surface area (Å²) in [5.41, 5.74) is 5.32. The van der Waals surface area contributed by atoms with Gasteiger partial charge in [-0.25, -0.2) is 0 Å². The van der Waals surface area contributed by atoms with E-state index >= 15 is 0 Å². The summed E-state index contributed by atoms with van der Waals surface area (Å²) in [6.45, 7) is 5.74. The van der Waals surface area contributed by atoms with Gasteiger partial charge < -0.3 is 16.4 Å². The lowest BCUT2D eigenvalue weighted by Crippen LogP contribution is -2.52. The van der Waals surface area contributed by atoms with Crippen LogP contribution in [0, 0.1) is 0 Å². The lowest BCUT2D eigenvalue weighted by molar-refractivity contribution is 0.379. The molecule has 0 saturated carbocycles. The van der Waals surface area contributed by atoms with Crippen molar-refractivity contribution >= 4 is 6.21 Å². The van der Waals surface area contributed by atoms with Crippen molar-refractivity contribution in [3.8, 4) is 0 Å². The van der Waals surface area contributed by atoms with E-state index < -0.39 is 0 Å². The maximum atomic E-state index is 5.32. The Bertz CT molecular complexity index is 140. The summed E-state index contributed by atoms with van der Waals surface area (Å²) in [5, 5.41) is 6.74. The van der Waals surface area contributed by atoms with Crippen molar-refractivity contribution < 1.29 is 0 Å². The molecular weight excluding hydrogens is 152 g/mol. The lowest BCUT2D eigenvalue weighted by Gasteiger charge is -2.27. The average Bonchev–Trinajstić information content (AvgIpc) is 2.15. The number of nitrogens with one attached hydrogen (secondary N) is 2. The summed E-state index contributed by atoms with van der Waals surface area (Å²) in [6.07, 6.45) is 1.78. The summed E-state index contributed by atoms with van der Waals surface area (Å²) < 4.78 is 0. The van der Waals surface area contributed by atoms with Crippen LogP contribution in [0.2, 0.25) is 0 Å². The normalized spacial score (nSPS) is 27.7. The van der Waals surface area contributed by atoms with Crippen LogP contribution in [0.25, 0.3) is 0 Å². The van der Waals surface area contributed by atoms with Gasteiger partial charge in [-0.3, -0.25) is 4.99 Å². The highest BCUT2D eigenvalue weighted by molar-refractivity contribution is 5.59. The predicted molar refractivity (Wildman–Crippen MR) is 51.7 cm³/mol. The van der Waals surface area contributed by atoms with Crippen LogP contribution in [-0.4, -0.2) is 44.5 Å². The molecule has 2 unspecified atom stereocenters. The van der Waals surface area contributed by atoms with E-state index in [2.05, 4.69) is 22.5 Å². The fourth-order valence-corrected chi connectivity index (χ4v) is 1.35. The summed E-state index contributed by atoms with van der Waals surface area (Å²) in [6, 6.07) is 0.780. The van der Waals surface area contributed by atoms with Gasteiger partial charge >= 0.3 is 0 Å². The molecule has 4 nitrogen and oxygen atoms in total. The van der Waals surface area contributed by atoms with Gasteiger partial charge in [0, 0.05) is 38.4 Å². The van der Waals surface area contributed by atoms with Crippen LogP contribution in [0.15, 0.2) is 4.99 Å². The first-order valence-corrected chi connectivity index (χ1v) is 4.50. The molecule has 70 valence electrons. The van der Waals surface area contributed by atoms with E-state index in [0.29, 0.717) is 18.6 Å². The van der Waals surface area contributed by atoms with E-state index in [1.165, 1.54) is 0 Å². The maximum Gasteiger partial charge on any atom is 0.0633 e. The van der Waals surface area contributed by atoms with Gasteiger partial charge in [-0.1, -0.05) is 0 Å². The summed E-state index contributed by atoms with van der Waals surface area (Å²) in [4.78, 5) is 4.31. The van der Waals surface area contributed by atoms with Crippen molar-refractivity contribution in [1.82, 2.24) is 10.6 Å². The standard InChI is InChI=1S/C8H18N4/c1-7(11-3-2-9)8-6-10-4-5-12-8/h3,7-8,10,12H,2,4-6,9H2,1H3. The molecule has 0 aliphatic carbocycles. The molecule has 0 aromatic heterocycles. The summed E-state index contributed by atoms with van der Waals surface area (Å²) in [7, 11) is 0. The Labute approximate surface area is 73.6 Å². The average molecular weight is 170 g/mol. The molecule has 0 radical (unpaired) electrons. The van der Waals surface area contributed by atoms with Gasteiger partial charge in [0.1, 0.15) is 0 Å². The smallest absolute Gasteiger partial charge is 0.0633 e. The Balaban J connectivity index is 2.29. The SMILES string of the molecule is CC(N=CCN)C1CNCCN1. The van der Waals surface area contributed by atoms with Gasteiger partial charge in [0.25, 0.3) is 0 Å². The minimum absolute atomic E-state index is 0.321. The Morgan fingerprint density at radius 1 is 1.67 bits per heavy atom. The zero-order valence-corrected chi connectivity index (χ0v) is 7.59. The number of hydrogen-bond acceptors (Lipinski definition) is 4. The van der Waals surface area contributed by atoms with E-state index in [1.807, 2.05) is 0 Å². The van der Waals surface area contributed by atoms with Crippen molar-refractivity contribution in [2.24, 2.45) is 10.7 Å². The first kappa shape index (κ1) is 9.64. The molecule has 1 rings (SSSR count). The molecule has 0 amide bonds. The van der Waals surface area contributed by atoms with E-state index in [0.717, 1.165) is 19.6 Å². The zero-order valence-electron chi connectivity index (χ0n) is 7.59. The van der Waals surface area contributed by atoms with E-state index in [9.17, 15) is 0 Å². The van der Waals surface area contributed by atoms with Crippen LogP contribution in [0.3, 0.4) is 0 Å². The van der Waals surface area contributed by atoms with Gasteiger partial charge in [0.05, 0.1) is 6.04 Å². The molecule has 1 aliphatic rings. The van der Waals surface area contributed by atoms with E-state index in [1.54, 1.807) is 6.21 Å². The first-order valence-electron chi connectivity index (χ1n) is 4.50. The van der Waals surface area contributed by atoms with Crippen LogP contribution >= 0.6 is 0 Å². The van der Waals surface area contributed by atoms with Gasteiger partial charge in [-0.2, -0.15) is 0 Å². The minimum Gasteiger partial charge on any atom is -0.326 e. The first-order chi connectivity index (χ1) is 5.84. The third-order valence-electron chi connectivity index (χ3n) is 2.10. The molecule has 4 heteroatoms. The Hall–Kier alpha value is -0.450. The predicted octanol–water partition coefficient (Wildman–Crippen LogP) is -1.03. The third-order valence-corrected chi connectivity index (χ3v) is 2.10. The van der Waals surface area contributed by atoms with Crippen molar-refractivity contribution in [2.45, 2.75) is 19.0 Å². The number of nitrogens with zero attached hydrogens (tertiary/aromatic N) is 1. The summed E-state index contributed by atoms with van der Waals surface area (Å²) >= 11 is 0. The Morgan fingerprint density at radius 2 is 2.50 bits per heavy atom. The number of nitrogens with two attached hydrogens (primary N) is 1. The molecule has 0 aromatic carbocycles. The molecule has 1 saturated heterocycles. The van der Waals surface area contributed by atoms with Crippen LogP contribution < -0.4 is 16.4 Å². The number of piperazine rings is 1. The summed E-state index contributed by atoms with van der Waals surface area (Å²) in [5.74, 6) is 0. The van der Waals surface area contributed by atoms with Crippen molar-refractivity contribution in [3.05, 3.63) is 0 Å². The fraction of sp³-hybridized carbons (Fsp3) is 0.875. The molecule has 1 heterocycles. The van der Waals surface area contributed by atoms with Crippen molar-refractivity contribution in [2.75, 3.05) is 26.2 Å². The van der Waals surface area contributed by atoms with Crippen molar-refractivity contribution in [1.29, 1.82) is 0 Å². The minimum atomic E-state index is 0.321. The zero-order chi connectivity index (χ0) is 8.81. The van der Waals surface area contributed by atoms with Gasteiger partial charge in [0.15, 0.2) is 0 Å². The van der Waals surface area contributed by atoms with Crippen molar-refractivity contribution in [3.63, 3.8) is 0 Å². The Morgan fingerprint density at radius 3 is 3.08 bits per heavy atom. The Kier molecular flexibility index (Phi) is 4.21. The molecule has 4 N–H and O–H groups in total. The molecule has 0 spiro atoms. The van der Waals surface area contributed by atoms with Crippen LogP contribution in [0.5, 0.6) is 0 Å². The topological polar surface area (TPSA) is 62.4 Å². The second kappa shape index (κ2) is 5.24.